The Kier molecular flexibility index (Phi) is 7.62. The van der Waals surface area contributed by atoms with Crippen LogP contribution in [0.4, 0.5) is 5.69 Å². The van der Waals surface area contributed by atoms with Gasteiger partial charge in [0.2, 0.25) is 15.9 Å². The quantitative estimate of drug-likeness (QED) is 0.499. The van der Waals surface area contributed by atoms with Gasteiger partial charge in [0.1, 0.15) is 6.04 Å². The minimum Gasteiger partial charge on any atom is -0.377 e. The summed E-state index contributed by atoms with van der Waals surface area (Å²) in [4.78, 5) is 17.4. The van der Waals surface area contributed by atoms with Gasteiger partial charge in [-0.15, -0.1) is 0 Å². The fraction of sp³-hybridized carbons (Fsp3) is 0.357. The molecule has 0 aromatic heterocycles. The van der Waals surface area contributed by atoms with Gasteiger partial charge >= 0.3 is 0 Å². The fourth-order valence-electron chi connectivity index (χ4n) is 4.99. The second kappa shape index (κ2) is 10.7. The summed E-state index contributed by atoms with van der Waals surface area (Å²) in [5.41, 5.74) is 2.20. The largest absolute Gasteiger partial charge is 0.377 e. The summed E-state index contributed by atoms with van der Waals surface area (Å²) >= 11 is 0. The van der Waals surface area contributed by atoms with Gasteiger partial charge in [0.25, 0.3) is 0 Å². The van der Waals surface area contributed by atoms with Crippen LogP contribution >= 0.6 is 0 Å². The summed E-state index contributed by atoms with van der Waals surface area (Å²) < 4.78 is 30.2. The van der Waals surface area contributed by atoms with E-state index < -0.39 is 16.1 Å². The molecule has 1 saturated carbocycles. The molecule has 188 valence electrons. The van der Waals surface area contributed by atoms with Gasteiger partial charge in [0.05, 0.1) is 16.5 Å². The van der Waals surface area contributed by atoms with Gasteiger partial charge in [0.15, 0.2) is 0 Å². The number of nitrogens with one attached hydrogen (secondary N) is 1. The van der Waals surface area contributed by atoms with Gasteiger partial charge in [-0.05, 0) is 49.1 Å². The molecule has 36 heavy (non-hydrogen) atoms. The molecule has 1 fully saturated rings. The fourth-order valence-corrected chi connectivity index (χ4v) is 6.40. The van der Waals surface area contributed by atoms with Crippen molar-refractivity contribution < 1.29 is 13.2 Å². The first-order valence-corrected chi connectivity index (χ1v) is 13.7. The summed E-state index contributed by atoms with van der Waals surface area (Å²) in [6.07, 6.45) is 4.18. The Morgan fingerprint density at radius 3 is 2.28 bits per heavy atom. The summed E-state index contributed by atoms with van der Waals surface area (Å²) in [5, 5.41) is 10.5. The number of fused-ring (bicyclic) bond motifs is 1. The summed E-state index contributed by atoms with van der Waals surface area (Å²) in [6, 6.07) is 18.9. The third kappa shape index (κ3) is 5.38. The minimum absolute atomic E-state index is 0.116. The minimum atomic E-state index is -4.03. The lowest BCUT2D eigenvalue weighted by Gasteiger charge is -2.29. The first kappa shape index (κ1) is 25.7. The normalized spacial score (nSPS) is 14.9. The number of nitriles is 1. The molecule has 0 radical (unpaired) electrons. The number of hydrogen-bond donors (Lipinski definition) is 1. The summed E-state index contributed by atoms with van der Waals surface area (Å²) in [7, 11) is 1.56. The van der Waals surface area contributed by atoms with Crippen LogP contribution in [-0.2, 0) is 21.2 Å². The van der Waals surface area contributed by atoms with E-state index in [2.05, 4.69) is 10.8 Å². The average Bonchev–Trinajstić information content (AvgIpc) is 3.42. The SMILES string of the molecule is CN(C)c1cccc2c(S(=O)(=O)NC(Cc3ccc(C#N)cc3)C(=O)N(C)C3CCCC3)cccc12. The molecule has 3 aromatic carbocycles. The molecular weight excluding hydrogens is 472 g/mol. The molecule has 4 rings (SSSR count). The number of likely N-dealkylation sites (N-methyl/N-ethyl adjacent to an activating group) is 1. The topological polar surface area (TPSA) is 93.5 Å². The smallest absolute Gasteiger partial charge is 0.241 e. The Morgan fingerprint density at radius 2 is 1.64 bits per heavy atom. The first-order chi connectivity index (χ1) is 17.2. The third-order valence-electron chi connectivity index (χ3n) is 6.97. The van der Waals surface area contributed by atoms with E-state index in [9.17, 15) is 13.2 Å². The van der Waals surface area contributed by atoms with Gasteiger partial charge in [-0.3, -0.25) is 4.79 Å². The van der Waals surface area contributed by atoms with E-state index in [1.165, 1.54) is 0 Å². The number of carbonyl (C=O) groups is 1. The molecule has 0 spiro atoms. The van der Waals surface area contributed by atoms with Gasteiger partial charge in [-0.25, -0.2) is 8.42 Å². The Hall–Kier alpha value is -3.41. The van der Waals surface area contributed by atoms with Crippen molar-refractivity contribution in [3.63, 3.8) is 0 Å². The lowest BCUT2D eigenvalue weighted by Crippen LogP contribution is -2.50. The van der Waals surface area contributed by atoms with Crippen LogP contribution in [-0.4, -0.2) is 52.5 Å². The highest BCUT2D eigenvalue weighted by Gasteiger charge is 2.32. The molecule has 3 aromatic rings. The Bertz CT molecular complexity index is 1390. The molecule has 0 heterocycles. The zero-order chi connectivity index (χ0) is 25.9. The van der Waals surface area contributed by atoms with Crippen LogP contribution in [0.2, 0.25) is 0 Å². The zero-order valence-electron chi connectivity index (χ0n) is 20.9. The van der Waals surface area contributed by atoms with Crippen LogP contribution in [0.1, 0.15) is 36.8 Å². The van der Waals surface area contributed by atoms with Crippen LogP contribution in [0.5, 0.6) is 0 Å². The zero-order valence-corrected chi connectivity index (χ0v) is 21.8. The van der Waals surface area contributed by atoms with E-state index in [1.54, 1.807) is 54.4 Å². The van der Waals surface area contributed by atoms with E-state index in [-0.39, 0.29) is 23.3 Å². The molecule has 8 heteroatoms. The lowest BCUT2D eigenvalue weighted by atomic mass is 10.0. The van der Waals surface area contributed by atoms with E-state index in [4.69, 9.17) is 5.26 Å². The van der Waals surface area contributed by atoms with Crippen LogP contribution in [0, 0.1) is 11.3 Å². The molecular formula is C28H32N4O3S. The molecule has 0 bridgehead atoms. The van der Waals surface area contributed by atoms with E-state index in [1.807, 2.05) is 37.2 Å². The van der Waals surface area contributed by atoms with Crippen molar-refractivity contribution in [3.8, 4) is 6.07 Å². The van der Waals surface area contributed by atoms with Crippen molar-refractivity contribution in [2.45, 2.75) is 49.1 Å². The number of anilines is 1. The summed E-state index contributed by atoms with van der Waals surface area (Å²) in [5.74, 6) is -0.246. The lowest BCUT2D eigenvalue weighted by molar-refractivity contribution is -0.133. The van der Waals surface area contributed by atoms with Crippen molar-refractivity contribution in [1.29, 1.82) is 5.26 Å². The van der Waals surface area contributed by atoms with Crippen LogP contribution in [0.3, 0.4) is 0 Å². The van der Waals surface area contributed by atoms with E-state index in [0.29, 0.717) is 10.9 Å². The molecule has 7 nitrogen and oxygen atoms in total. The van der Waals surface area contributed by atoms with E-state index >= 15 is 0 Å². The molecule has 1 atom stereocenters. The number of hydrogen-bond acceptors (Lipinski definition) is 5. The predicted molar refractivity (Wildman–Crippen MR) is 142 cm³/mol. The van der Waals surface area contributed by atoms with Gasteiger partial charge in [-0.2, -0.15) is 9.98 Å². The molecule has 1 unspecified atom stereocenters. The third-order valence-corrected chi connectivity index (χ3v) is 8.50. The molecule has 1 N–H and O–H groups in total. The molecule has 1 amide bonds. The van der Waals surface area contributed by atoms with Crippen molar-refractivity contribution in [2.24, 2.45) is 0 Å². The van der Waals surface area contributed by atoms with Crippen LogP contribution in [0.15, 0.2) is 65.6 Å². The van der Waals surface area contributed by atoms with E-state index in [0.717, 1.165) is 42.3 Å². The second-order valence-corrected chi connectivity index (χ2v) is 11.3. The van der Waals surface area contributed by atoms with Crippen molar-refractivity contribution in [3.05, 3.63) is 71.8 Å². The highest BCUT2D eigenvalue weighted by atomic mass is 32.2. The summed E-state index contributed by atoms with van der Waals surface area (Å²) in [6.45, 7) is 0. The van der Waals surface area contributed by atoms with Gasteiger partial charge < -0.3 is 9.80 Å². The number of amides is 1. The predicted octanol–water partition coefficient (Wildman–Crippen LogP) is 4.07. The standard InChI is InChI=1S/C28H32N4O3S/c1-31(2)26-12-6-11-24-23(26)10-7-13-27(24)36(34,35)30-25(18-20-14-16-21(19-29)17-15-20)28(33)32(3)22-8-4-5-9-22/h6-7,10-17,22,25,30H,4-5,8-9,18H2,1-3H3. The second-order valence-electron chi connectivity index (χ2n) is 9.60. The molecule has 1 aliphatic carbocycles. The average molecular weight is 505 g/mol. The number of rotatable bonds is 8. The van der Waals surface area contributed by atoms with Crippen molar-refractivity contribution in [2.75, 3.05) is 26.0 Å². The van der Waals surface area contributed by atoms with Crippen LogP contribution in [0.25, 0.3) is 10.8 Å². The van der Waals surface area contributed by atoms with Gasteiger partial charge in [-0.1, -0.05) is 49.2 Å². The van der Waals surface area contributed by atoms with Gasteiger partial charge in [0, 0.05) is 43.6 Å². The van der Waals surface area contributed by atoms with Crippen LogP contribution < -0.4 is 9.62 Å². The highest BCUT2D eigenvalue weighted by molar-refractivity contribution is 7.89. The number of nitrogens with zero attached hydrogens (tertiary/aromatic N) is 3. The Balaban J connectivity index is 1.70. The molecule has 0 aliphatic heterocycles. The van der Waals surface area contributed by atoms with Crippen molar-refractivity contribution in [1.82, 2.24) is 9.62 Å². The number of benzene rings is 3. The molecule has 0 saturated heterocycles. The first-order valence-electron chi connectivity index (χ1n) is 12.2. The maximum Gasteiger partial charge on any atom is 0.241 e. The maximum absolute atomic E-state index is 13.7. The number of carbonyl (C=O) groups excluding carboxylic acids is 1. The highest BCUT2D eigenvalue weighted by Crippen LogP contribution is 2.30. The molecule has 1 aliphatic rings. The Labute approximate surface area is 213 Å². The maximum atomic E-state index is 13.7. The van der Waals surface area contributed by atoms with Crippen molar-refractivity contribution >= 4 is 32.4 Å². The Morgan fingerprint density at radius 1 is 1.00 bits per heavy atom. The monoisotopic (exact) mass is 504 g/mol. The number of sulfonamides is 1.